The number of rotatable bonds is 3. The Morgan fingerprint density at radius 1 is 1.39 bits per heavy atom. The maximum absolute atomic E-state index is 11.2. The van der Waals surface area contributed by atoms with E-state index < -0.39 is 5.97 Å². The first-order valence-corrected chi connectivity index (χ1v) is 5.85. The van der Waals surface area contributed by atoms with Crippen LogP contribution in [0.3, 0.4) is 0 Å². The summed E-state index contributed by atoms with van der Waals surface area (Å²) < 4.78 is 1.28. The van der Waals surface area contributed by atoms with E-state index in [1.165, 1.54) is 4.68 Å². The summed E-state index contributed by atoms with van der Waals surface area (Å²) in [6, 6.07) is 1.67. The van der Waals surface area contributed by atoms with Crippen LogP contribution in [0.2, 0.25) is 5.15 Å². The molecule has 1 N–H and O–H groups in total. The molecule has 7 heteroatoms. The van der Waals surface area contributed by atoms with Gasteiger partial charge in [-0.05, 0) is 18.9 Å². The van der Waals surface area contributed by atoms with Gasteiger partial charge < -0.3 is 5.11 Å². The molecule has 6 nitrogen and oxygen atoms in total. The molecule has 0 aliphatic heterocycles. The van der Waals surface area contributed by atoms with Gasteiger partial charge >= 0.3 is 5.97 Å². The Hall–Kier alpha value is -1.95. The van der Waals surface area contributed by atoms with Gasteiger partial charge in [0.1, 0.15) is 5.56 Å². The third-order valence-corrected chi connectivity index (χ3v) is 3.12. The van der Waals surface area contributed by atoms with Gasteiger partial charge in [-0.25, -0.2) is 14.8 Å². The summed E-state index contributed by atoms with van der Waals surface area (Å²) >= 11 is 6.07. The molecule has 0 amide bonds. The van der Waals surface area contributed by atoms with E-state index in [4.69, 9.17) is 11.6 Å². The second-order valence-corrected chi connectivity index (χ2v) is 4.45. The molecule has 0 unspecified atom stereocenters. The lowest BCUT2D eigenvalue weighted by molar-refractivity contribution is 0.0696. The smallest absolute Gasteiger partial charge is 0.340 e. The first kappa shape index (κ1) is 11.2. The van der Waals surface area contributed by atoms with Crippen molar-refractivity contribution in [1.29, 1.82) is 0 Å². The highest BCUT2D eigenvalue weighted by molar-refractivity contribution is 6.32. The fourth-order valence-electron chi connectivity index (χ4n) is 1.79. The van der Waals surface area contributed by atoms with Crippen molar-refractivity contribution in [2.24, 2.45) is 0 Å². The fraction of sp³-hybridized carbons (Fsp3) is 0.273. The van der Waals surface area contributed by atoms with Gasteiger partial charge in [0.05, 0.1) is 5.69 Å². The van der Waals surface area contributed by atoms with E-state index in [1.54, 1.807) is 18.5 Å². The summed E-state index contributed by atoms with van der Waals surface area (Å²) in [5, 5.41) is 13.5. The lowest BCUT2D eigenvalue weighted by Crippen LogP contribution is -2.03. The summed E-state index contributed by atoms with van der Waals surface area (Å²) in [5.74, 6) is -0.598. The zero-order chi connectivity index (χ0) is 12.7. The van der Waals surface area contributed by atoms with Gasteiger partial charge in [-0.1, -0.05) is 11.6 Å². The van der Waals surface area contributed by atoms with Crippen LogP contribution >= 0.6 is 11.6 Å². The molecular weight excluding hydrogens is 256 g/mol. The predicted octanol–water partition coefficient (Wildman–Crippen LogP) is 1.89. The number of carboxylic acids is 1. The Balaban J connectivity index is 2.17. The van der Waals surface area contributed by atoms with Gasteiger partial charge in [-0.15, -0.1) is 0 Å². The standard InChI is InChI=1S/C11H9ClN4O2/c12-9-7(10(17)18)8(6-2-3-6)15-16(9)11-13-4-1-5-14-11/h1,4-6H,2-3H2,(H,17,18). The summed E-state index contributed by atoms with van der Waals surface area (Å²) in [4.78, 5) is 19.3. The van der Waals surface area contributed by atoms with Gasteiger partial charge in [-0.3, -0.25) is 0 Å². The Bertz CT molecular complexity index is 607. The van der Waals surface area contributed by atoms with Crippen LogP contribution in [0.1, 0.15) is 34.8 Å². The highest BCUT2D eigenvalue weighted by atomic mass is 35.5. The molecule has 1 aliphatic rings. The quantitative estimate of drug-likeness (QED) is 0.916. The summed E-state index contributed by atoms with van der Waals surface area (Å²) in [6.45, 7) is 0. The van der Waals surface area contributed by atoms with E-state index in [0.29, 0.717) is 5.69 Å². The molecule has 0 radical (unpaired) electrons. The third kappa shape index (κ3) is 1.74. The van der Waals surface area contributed by atoms with Crippen molar-refractivity contribution in [1.82, 2.24) is 19.7 Å². The average molecular weight is 265 g/mol. The maximum Gasteiger partial charge on any atom is 0.340 e. The van der Waals surface area contributed by atoms with Gasteiger partial charge in [0.25, 0.3) is 5.95 Å². The Labute approximate surface area is 107 Å². The second-order valence-electron chi connectivity index (χ2n) is 4.09. The third-order valence-electron chi connectivity index (χ3n) is 2.78. The van der Waals surface area contributed by atoms with E-state index in [0.717, 1.165) is 12.8 Å². The monoisotopic (exact) mass is 264 g/mol. The number of carbonyl (C=O) groups is 1. The van der Waals surface area contributed by atoms with E-state index >= 15 is 0 Å². The first-order chi connectivity index (χ1) is 8.68. The minimum absolute atomic E-state index is 0.0515. The van der Waals surface area contributed by atoms with Crippen LogP contribution in [0.5, 0.6) is 0 Å². The van der Waals surface area contributed by atoms with Crippen molar-refractivity contribution < 1.29 is 9.90 Å². The maximum atomic E-state index is 11.2. The van der Waals surface area contributed by atoms with Gasteiger partial charge in [0.15, 0.2) is 5.15 Å². The highest BCUT2D eigenvalue weighted by Gasteiger charge is 2.34. The Morgan fingerprint density at radius 3 is 2.61 bits per heavy atom. The summed E-state index contributed by atoms with van der Waals surface area (Å²) in [6.07, 6.45) is 5.00. The average Bonchev–Trinajstić information content (AvgIpc) is 3.14. The Morgan fingerprint density at radius 2 is 2.06 bits per heavy atom. The van der Waals surface area contributed by atoms with Crippen molar-refractivity contribution in [3.63, 3.8) is 0 Å². The van der Waals surface area contributed by atoms with Crippen molar-refractivity contribution in [3.05, 3.63) is 34.9 Å². The molecule has 0 aromatic carbocycles. The fourth-order valence-corrected chi connectivity index (χ4v) is 2.08. The van der Waals surface area contributed by atoms with Crippen LogP contribution < -0.4 is 0 Å². The van der Waals surface area contributed by atoms with Crippen molar-refractivity contribution in [3.8, 4) is 5.95 Å². The van der Waals surface area contributed by atoms with Gasteiger partial charge in [0, 0.05) is 18.3 Å². The van der Waals surface area contributed by atoms with Crippen molar-refractivity contribution in [2.75, 3.05) is 0 Å². The second kappa shape index (κ2) is 4.06. The van der Waals surface area contributed by atoms with Crippen LogP contribution in [-0.4, -0.2) is 30.8 Å². The molecule has 18 heavy (non-hydrogen) atoms. The summed E-state index contributed by atoms with van der Waals surface area (Å²) in [5.41, 5.74) is 0.589. The Kier molecular flexibility index (Phi) is 2.52. The minimum atomic E-state index is -1.07. The predicted molar refractivity (Wildman–Crippen MR) is 63.1 cm³/mol. The zero-order valence-corrected chi connectivity index (χ0v) is 10.0. The molecule has 92 valence electrons. The molecular formula is C11H9ClN4O2. The largest absolute Gasteiger partial charge is 0.478 e. The van der Waals surface area contributed by atoms with Crippen molar-refractivity contribution >= 4 is 17.6 Å². The number of aromatic carboxylic acids is 1. The molecule has 1 fully saturated rings. The number of hydrogen-bond acceptors (Lipinski definition) is 4. The van der Waals surface area contributed by atoms with Crippen LogP contribution in [0.15, 0.2) is 18.5 Å². The summed E-state index contributed by atoms with van der Waals surface area (Å²) in [7, 11) is 0. The number of halogens is 1. The first-order valence-electron chi connectivity index (χ1n) is 5.47. The van der Waals surface area contributed by atoms with Crippen LogP contribution in [0.4, 0.5) is 0 Å². The number of hydrogen-bond donors (Lipinski definition) is 1. The van der Waals surface area contributed by atoms with E-state index in [1.807, 2.05) is 0 Å². The molecule has 1 saturated carbocycles. The topological polar surface area (TPSA) is 80.9 Å². The van der Waals surface area contributed by atoms with Gasteiger partial charge in [0.2, 0.25) is 0 Å². The highest BCUT2D eigenvalue weighted by Crippen LogP contribution is 2.42. The zero-order valence-electron chi connectivity index (χ0n) is 9.25. The number of carboxylic acid groups (broad SMARTS) is 1. The molecule has 1 aliphatic carbocycles. The van der Waals surface area contributed by atoms with Crippen molar-refractivity contribution in [2.45, 2.75) is 18.8 Å². The van der Waals surface area contributed by atoms with Crippen LogP contribution in [0.25, 0.3) is 5.95 Å². The number of aromatic nitrogens is 4. The van der Waals surface area contributed by atoms with E-state index in [9.17, 15) is 9.90 Å². The van der Waals surface area contributed by atoms with E-state index in [-0.39, 0.29) is 22.6 Å². The molecule has 2 aromatic rings. The number of nitrogens with zero attached hydrogens (tertiary/aromatic N) is 4. The van der Waals surface area contributed by atoms with Crippen LogP contribution in [-0.2, 0) is 0 Å². The lowest BCUT2D eigenvalue weighted by Gasteiger charge is -1.98. The molecule has 2 aromatic heterocycles. The molecule has 0 spiro atoms. The lowest BCUT2D eigenvalue weighted by atomic mass is 10.2. The molecule has 0 atom stereocenters. The molecule has 0 saturated heterocycles. The normalized spacial score (nSPS) is 14.7. The van der Waals surface area contributed by atoms with E-state index in [2.05, 4.69) is 15.1 Å². The molecule has 2 heterocycles. The van der Waals surface area contributed by atoms with Gasteiger partial charge in [-0.2, -0.15) is 9.78 Å². The molecule has 3 rings (SSSR count). The minimum Gasteiger partial charge on any atom is -0.478 e. The molecule has 0 bridgehead atoms. The van der Waals surface area contributed by atoms with Crippen LogP contribution in [0, 0.1) is 0 Å². The SMILES string of the molecule is O=C(O)c1c(C2CC2)nn(-c2ncccn2)c1Cl.